The van der Waals surface area contributed by atoms with Crippen LogP contribution in [0.15, 0.2) is 0 Å². The zero-order valence-electron chi connectivity index (χ0n) is 10.4. The molecule has 2 rings (SSSR count). The molecule has 1 aliphatic heterocycles. The Morgan fingerprint density at radius 1 is 1.33 bits per heavy atom. The van der Waals surface area contributed by atoms with Crippen LogP contribution in [-0.2, 0) is 0 Å². The van der Waals surface area contributed by atoms with Crippen molar-refractivity contribution >= 4 is 0 Å². The van der Waals surface area contributed by atoms with Gasteiger partial charge in [0.2, 0.25) is 0 Å². The van der Waals surface area contributed by atoms with Crippen molar-refractivity contribution in [2.75, 3.05) is 13.1 Å². The summed E-state index contributed by atoms with van der Waals surface area (Å²) in [5.74, 6) is 1.52. The third-order valence-electron chi connectivity index (χ3n) is 3.90. The smallest absolute Gasteiger partial charge is 0.0804 e. The largest absolute Gasteiger partial charge is 0.388 e. The highest BCUT2D eigenvalue weighted by atomic mass is 16.3. The van der Waals surface area contributed by atoms with E-state index in [2.05, 4.69) is 25.7 Å². The number of hydrogen-bond donors (Lipinski definition) is 1. The van der Waals surface area contributed by atoms with E-state index >= 15 is 0 Å². The fraction of sp³-hybridized carbons (Fsp3) is 1.00. The molecule has 1 heterocycles. The first-order valence-electron chi connectivity index (χ1n) is 6.48. The number of hydrogen-bond acceptors (Lipinski definition) is 2. The quantitative estimate of drug-likeness (QED) is 0.774. The molecule has 1 saturated heterocycles. The van der Waals surface area contributed by atoms with Gasteiger partial charge in [0.25, 0.3) is 0 Å². The van der Waals surface area contributed by atoms with E-state index in [1.165, 1.54) is 19.4 Å². The molecular formula is C13H25NO. The molecule has 1 N–H and O–H groups in total. The van der Waals surface area contributed by atoms with Crippen molar-refractivity contribution < 1.29 is 5.11 Å². The zero-order valence-corrected chi connectivity index (χ0v) is 10.4. The highest BCUT2D eigenvalue weighted by molar-refractivity contribution is 5.05. The highest BCUT2D eigenvalue weighted by Crippen LogP contribution is 2.44. The maximum absolute atomic E-state index is 10.3. The van der Waals surface area contributed by atoms with Gasteiger partial charge in [0.05, 0.1) is 5.60 Å². The van der Waals surface area contributed by atoms with Crippen LogP contribution in [0.5, 0.6) is 0 Å². The molecule has 1 saturated carbocycles. The minimum absolute atomic E-state index is 0.310. The van der Waals surface area contributed by atoms with Crippen LogP contribution in [0.25, 0.3) is 0 Å². The number of piperidine rings is 1. The summed E-state index contributed by atoms with van der Waals surface area (Å²) in [5.41, 5.74) is -0.310. The molecule has 0 aromatic rings. The summed E-state index contributed by atoms with van der Waals surface area (Å²) in [4.78, 5) is 2.55. The molecule has 1 aliphatic carbocycles. The topological polar surface area (TPSA) is 23.5 Å². The van der Waals surface area contributed by atoms with Crippen molar-refractivity contribution in [3.8, 4) is 0 Å². The summed E-state index contributed by atoms with van der Waals surface area (Å²) < 4.78 is 0. The first-order valence-corrected chi connectivity index (χ1v) is 6.48. The van der Waals surface area contributed by atoms with Gasteiger partial charge < -0.3 is 5.11 Å². The van der Waals surface area contributed by atoms with Gasteiger partial charge in [-0.05, 0) is 37.5 Å². The summed E-state index contributed by atoms with van der Waals surface area (Å²) in [6.07, 6.45) is 4.55. The average molecular weight is 211 g/mol. The Kier molecular flexibility index (Phi) is 3.09. The molecular weight excluding hydrogens is 186 g/mol. The molecule has 0 unspecified atom stereocenters. The van der Waals surface area contributed by atoms with Gasteiger partial charge in [-0.2, -0.15) is 0 Å². The van der Waals surface area contributed by atoms with Crippen LogP contribution >= 0.6 is 0 Å². The summed E-state index contributed by atoms with van der Waals surface area (Å²) in [7, 11) is 0. The Morgan fingerprint density at radius 2 is 2.00 bits per heavy atom. The zero-order chi connectivity index (χ0) is 11.1. The molecule has 0 amide bonds. The second-order valence-electron chi connectivity index (χ2n) is 6.15. The third-order valence-corrected chi connectivity index (χ3v) is 3.90. The highest BCUT2D eigenvalue weighted by Gasteiger charge is 2.50. The van der Waals surface area contributed by atoms with Crippen LogP contribution in [0.1, 0.15) is 46.5 Å². The van der Waals surface area contributed by atoms with Crippen LogP contribution in [0.3, 0.4) is 0 Å². The first kappa shape index (κ1) is 11.4. The molecule has 0 radical (unpaired) electrons. The predicted octanol–water partition coefficient (Wildman–Crippen LogP) is 2.27. The number of rotatable bonds is 3. The van der Waals surface area contributed by atoms with Gasteiger partial charge in [-0.3, -0.25) is 4.90 Å². The summed E-state index contributed by atoms with van der Waals surface area (Å²) >= 11 is 0. The van der Waals surface area contributed by atoms with E-state index in [0.29, 0.717) is 12.0 Å². The maximum atomic E-state index is 10.3. The van der Waals surface area contributed by atoms with Crippen LogP contribution < -0.4 is 0 Å². The van der Waals surface area contributed by atoms with Crippen molar-refractivity contribution in [3.05, 3.63) is 0 Å². The monoisotopic (exact) mass is 211 g/mol. The van der Waals surface area contributed by atoms with E-state index in [1.807, 2.05) is 0 Å². The van der Waals surface area contributed by atoms with E-state index in [1.54, 1.807) is 0 Å². The maximum Gasteiger partial charge on any atom is 0.0804 e. The van der Waals surface area contributed by atoms with E-state index < -0.39 is 0 Å². The Morgan fingerprint density at radius 3 is 2.53 bits per heavy atom. The van der Waals surface area contributed by atoms with Gasteiger partial charge in [-0.25, -0.2) is 0 Å². The van der Waals surface area contributed by atoms with Gasteiger partial charge in [-0.1, -0.05) is 20.8 Å². The molecule has 0 bridgehead atoms. The molecule has 2 heteroatoms. The fourth-order valence-electron chi connectivity index (χ4n) is 2.98. The van der Waals surface area contributed by atoms with E-state index in [-0.39, 0.29) is 5.60 Å². The Balaban J connectivity index is 2.00. The summed E-state index contributed by atoms with van der Waals surface area (Å²) in [6, 6.07) is 0.455. The van der Waals surface area contributed by atoms with Crippen LogP contribution in [0, 0.1) is 11.8 Å². The first-order chi connectivity index (χ1) is 7.01. The molecule has 2 atom stereocenters. The van der Waals surface area contributed by atoms with Gasteiger partial charge in [0, 0.05) is 19.1 Å². The number of nitrogens with zero attached hydrogens (tertiary/aromatic N) is 1. The molecule has 0 aromatic carbocycles. The molecule has 0 aromatic heterocycles. The van der Waals surface area contributed by atoms with Gasteiger partial charge in [0.15, 0.2) is 0 Å². The lowest BCUT2D eigenvalue weighted by Crippen LogP contribution is -2.51. The van der Waals surface area contributed by atoms with Crippen molar-refractivity contribution in [2.24, 2.45) is 11.8 Å². The van der Waals surface area contributed by atoms with Crippen LogP contribution in [0.4, 0.5) is 0 Å². The molecule has 15 heavy (non-hydrogen) atoms. The summed E-state index contributed by atoms with van der Waals surface area (Å²) in [6.45, 7) is 9.21. The fourth-order valence-corrected chi connectivity index (χ4v) is 2.98. The lowest BCUT2D eigenvalue weighted by Gasteiger charge is -2.42. The molecule has 0 spiro atoms. The number of aliphatic hydroxyl groups is 1. The Hall–Kier alpha value is -0.0800. The predicted molar refractivity (Wildman–Crippen MR) is 62.8 cm³/mol. The standard InChI is InChI=1S/C13H25NO/c1-10(2)8-14-9-11(3)4-5-12(14)13(15)6-7-13/h10-12,15H,4-9H2,1-3H3/t11-,12+/m1/s1. The molecule has 88 valence electrons. The van der Waals surface area contributed by atoms with Crippen molar-refractivity contribution in [3.63, 3.8) is 0 Å². The minimum Gasteiger partial charge on any atom is -0.388 e. The van der Waals surface area contributed by atoms with Gasteiger partial charge in [0.1, 0.15) is 0 Å². The van der Waals surface area contributed by atoms with Crippen molar-refractivity contribution in [2.45, 2.75) is 58.1 Å². The Bertz CT molecular complexity index is 221. The van der Waals surface area contributed by atoms with Crippen molar-refractivity contribution in [1.29, 1.82) is 0 Å². The normalized spacial score (nSPS) is 35.8. The van der Waals surface area contributed by atoms with E-state index in [0.717, 1.165) is 25.3 Å². The van der Waals surface area contributed by atoms with E-state index in [4.69, 9.17) is 0 Å². The molecule has 2 nitrogen and oxygen atoms in total. The average Bonchev–Trinajstić information content (AvgIpc) is 2.83. The third kappa shape index (κ3) is 2.54. The van der Waals surface area contributed by atoms with E-state index in [9.17, 15) is 5.11 Å². The lowest BCUT2D eigenvalue weighted by molar-refractivity contribution is -0.01000. The van der Waals surface area contributed by atoms with Crippen molar-refractivity contribution in [1.82, 2.24) is 4.90 Å². The summed E-state index contributed by atoms with van der Waals surface area (Å²) in [5, 5.41) is 10.3. The second kappa shape index (κ2) is 4.06. The lowest BCUT2D eigenvalue weighted by atomic mass is 9.89. The van der Waals surface area contributed by atoms with Gasteiger partial charge in [-0.15, -0.1) is 0 Å². The van der Waals surface area contributed by atoms with Crippen LogP contribution in [-0.4, -0.2) is 34.7 Å². The Labute approximate surface area is 93.7 Å². The van der Waals surface area contributed by atoms with Gasteiger partial charge >= 0.3 is 0 Å². The van der Waals surface area contributed by atoms with Crippen LogP contribution in [0.2, 0.25) is 0 Å². The number of likely N-dealkylation sites (tertiary alicyclic amines) is 1. The minimum atomic E-state index is -0.310. The second-order valence-corrected chi connectivity index (χ2v) is 6.15. The SMILES string of the molecule is CC(C)CN1C[C@H](C)CC[C@H]1C1(O)CC1. The molecule has 2 aliphatic rings. The molecule has 2 fully saturated rings.